The molecule has 0 unspecified atom stereocenters. The zero-order valence-corrected chi connectivity index (χ0v) is 13.1. The van der Waals surface area contributed by atoms with Gasteiger partial charge >= 0.3 is 0 Å². The predicted octanol–water partition coefficient (Wildman–Crippen LogP) is 3.51. The maximum absolute atomic E-state index is 5.28. The fraction of sp³-hybridized carbons (Fsp3) is 0.353. The number of hydrogen-bond donors (Lipinski definition) is 3. The number of nitrogens with one attached hydrogen (secondary N) is 3. The van der Waals surface area contributed by atoms with Crippen molar-refractivity contribution in [2.24, 2.45) is 0 Å². The van der Waals surface area contributed by atoms with Gasteiger partial charge in [0.25, 0.3) is 0 Å². The molecule has 0 radical (unpaired) electrons. The van der Waals surface area contributed by atoms with Gasteiger partial charge in [-0.15, -0.1) is 0 Å². The minimum Gasteiger partial charge on any atom is -0.359 e. The Labute approximate surface area is 132 Å². The molecule has 0 bridgehead atoms. The molecule has 21 heavy (non-hydrogen) atoms. The van der Waals surface area contributed by atoms with E-state index in [4.69, 9.17) is 12.2 Å². The lowest BCUT2D eigenvalue weighted by molar-refractivity contribution is 0.411. The summed E-state index contributed by atoms with van der Waals surface area (Å²) in [5.74, 6) is 0. The van der Waals surface area contributed by atoms with Gasteiger partial charge in [-0.3, -0.25) is 10.9 Å². The summed E-state index contributed by atoms with van der Waals surface area (Å²) in [5, 5.41) is 3.98. The van der Waals surface area contributed by atoms with Crippen molar-refractivity contribution in [3.8, 4) is 0 Å². The molecule has 0 aromatic heterocycles. The standard InChI is InChI=1S/C17H23N3S/c1-14(12-13-15-8-4-2-5-9-15)19-20-17(21)18-16-10-6-3-7-11-16/h2,4-5,8-9,12-13,16,19H,1,3,6-7,10-11H2,(H2,18,20,21)/b13-12+. The summed E-state index contributed by atoms with van der Waals surface area (Å²) in [6, 6.07) is 10.6. The number of hydrazine groups is 1. The van der Waals surface area contributed by atoms with Crippen molar-refractivity contribution in [2.45, 2.75) is 38.1 Å². The molecule has 1 aromatic carbocycles. The molecule has 0 amide bonds. The SMILES string of the molecule is C=C(/C=C/c1ccccc1)NNC(=S)NC1CCCCC1. The molecule has 0 spiro atoms. The van der Waals surface area contributed by atoms with Crippen LogP contribution < -0.4 is 16.2 Å². The summed E-state index contributed by atoms with van der Waals surface area (Å²) < 4.78 is 0. The third-order valence-corrected chi connectivity index (χ3v) is 3.77. The number of allylic oxidation sites excluding steroid dienone is 1. The smallest absolute Gasteiger partial charge is 0.185 e. The van der Waals surface area contributed by atoms with E-state index in [9.17, 15) is 0 Å². The lowest BCUT2D eigenvalue weighted by Crippen LogP contribution is -2.47. The van der Waals surface area contributed by atoms with Gasteiger partial charge in [-0.1, -0.05) is 62.2 Å². The van der Waals surface area contributed by atoms with Crippen molar-refractivity contribution in [1.29, 1.82) is 0 Å². The fourth-order valence-corrected chi connectivity index (χ4v) is 2.63. The Hall–Kier alpha value is -1.81. The second-order valence-electron chi connectivity index (χ2n) is 5.33. The molecule has 0 saturated heterocycles. The van der Waals surface area contributed by atoms with E-state index in [1.54, 1.807) is 0 Å². The summed E-state index contributed by atoms with van der Waals surface area (Å²) >= 11 is 5.28. The molecule has 1 fully saturated rings. The van der Waals surface area contributed by atoms with E-state index in [2.05, 4.69) is 22.7 Å². The van der Waals surface area contributed by atoms with Crippen LogP contribution in [0, 0.1) is 0 Å². The molecule has 3 nitrogen and oxygen atoms in total. The van der Waals surface area contributed by atoms with E-state index in [1.807, 2.05) is 42.5 Å². The van der Waals surface area contributed by atoms with E-state index in [-0.39, 0.29) is 0 Å². The van der Waals surface area contributed by atoms with E-state index in [0.717, 1.165) is 11.3 Å². The van der Waals surface area contributed by atoms with Crippen molar-refractivity contribution >= 4 is 23.4 Å². The molecule has 1 aliphatic rings. The molecule has 1 aromatic rings. The highest BCUT2D eigenvalue weighted by Crippen LogP contribution is 2.17. The van der Waals surface area contributed by atoms with Gasteiger partial charge in [0, 0.05) is 11.7 Å². The van der Waals surface area contributed by atoms with Crippen LogP contribution in [0.2, 0.25) is 0 Å². The average Bonchev–Trinajstić information content (AvgIpc) is 2.53. The summed E-state index contributed by atoms with van der Waals surface area (Å²) in [4.78, 5) is 0. The van der Waals surface area contributed by atoms with Gasteiger partial charge in [-0.25, -0.2) is 0 Å². The van der Waals surface area contributed by atoms with Gasteiger partial charge in [0.1, 0.15) is 0 Å². The van der Waals surface area contributed by atoms with Crippen LogP contribution in [0.1, 0.15) is 37.7 Å². The first-order chi connectivity index (χ1) is 10.2. The molecular weight excluding hydrogens is 278 g/mol. The van der Waals surface area contributed by atoms with Crippen molar-refractivity contribution in [3.05, 3.63) is 54.2 Å². The molecule has 0 heterocycles. The first kappa shape index (κ1) is 15.6. The Balaban J connectivity index is 1.68. The van der Waals surface area contributed by atoms with E-state index in [1.165, 1.54) is 32.1 Å². The Kier molecular flexibility index (Phi) is 6.28. The highest BCUT2D eigenvalue weighted by molar-refractivity contribution is 7.80. The van der Waals surface area contributed by atoms with Crippen LogP contribution in [0.3, 0.4) is 0 Å². The molecule has 0 atom stereocenters. The molecule has 1 saturated carbocycles. The monoisotopic (exact) mass is 301 g/mol. The van der Waals surface area contributed by atoms with Crippen molar-refractivity contribution in [1.82, 2.24) is 16.2 Å². The van der Waals surface area contributed by atoms with E-state index >= 15 is 0 Å². The molecule has 0 aliphatic heterocycles. The lowest BCUT2D eigenvalue weighted by Gasteiger charge is -2.24. The van der Waals surface area contributed by atoms with E-state index < -0.39 is 0 Å². The first-order valence-corrected chi connectivity index (χ1v) is 7.89. The highest BCUT2D eigenvalue weighted by Gasteiger charge is 2.13. The lowest BCUT2D eigenvalue weighted by atomic mass is 9.96. The Morgan fingerprint density at radius 1 is 1.10 bits per heavy atom. The quantitative estimate of drug-likeness (QED) is 0.442. The van der Waals surface area contributed by atoms with Crippen LogP contribution in [-0.4, -0.2) is 11.2 Å². The van der Waals surface area contributed by atoms with Gasteiger partial charge in [0.2, 0.25) is 0 Å². The second kappa shape index (κ2) is 8.47. The Morgan fingerprint density at radius 3 is 2.52 bits per heavy atom. The van der Waals surface area contributed by atoms with Gasteiger partial charge in [-0.2, -0.15) is 0 Å². The topological polar surface area (TPSA) is 36.1 Å². The van der Waals surface area contributed by atoms with Gasteiger partial charge in [0.15, 0.2) is 5.11 Å². The van der Waals surface area contributed by atoms with Crippen LogP contribution in [0.25, 0.3) is 6.08 Å². The van der Waals surface area contributed by atoms with Gasteiger partial charge < -0.3 is 5.32 Å². The normalized spacial score (nSPS) is 15.6. The zero-order valence-electron chi connectivity index (χ0n) is 12.3. The summed E-state index contributed by atoms with van der Waals surface area (Å²) in [5.41, 5.74) is 7.90. The highest BCUT2D eigenvalue weighted by atomic mass is 32.1. The van der Waals surface area contributed by atoms with E-state index in [0.29, 0.717) is 11.2 Å². The maximum Gasteiger partial charge on any atom is 0.185 e. The van der Waals surface area contributed by atoms with Gasteiger partial charge in [0.05, 0.1) is 0 Å². The third-order valence-electron chi connectivity index (χ3n) is 3.55. The molecule has 4 heteroatoms. The minimum atomic E-state index is 0.508. The number of benzene rings is 1. The maximum atomic E-state index is 5.28. The largest absolute Gasteiger partial charge is 0.359 e. The van der Waals surface area contributed by atoms with Crippen molar-refractivity contribution < 1.29 is 0 Å². The van der Waals surface area contributed by atoms with Crippen LogP contribution >= 0.6 is 12.2 Å². The molecule has 3 N–H and O–H groups in total. The summed E-state index contributed by atoms with van der Waals surface area (Å²) in [6.45, 7) is 3.94. The molecule has 1 aliphatic carbocycles. The summed E-state index contributed by atoms with van der Waals surface area (Å²) in [6.07, 6.45) is 10.3. The van der Waals surface area contributed by atoms with Crippen LogP contribution in [0.5, 0.6) is 0 Å². The Bertz CT molecular complexity index is 490. The van der Waals surface area contributed by atoms with Crippen molar-refractivity contribution in [3.63, 3.8) is 0 Å². The fourth-order valence-electron chi connectivity index (χ4n) is 2.41. The number of rotatable bonds is 5. The van der Waals surface area contributed by atoms with Crippen LogP contribution in [0.15, 0.2) is 48.7 Å². The number of thiocarbonyl (C=S) groups is 1. The predicted molar refractivity (Wildman–Crippen MR) is 93.5 cm³/mol. The van der Waals surface area contributed by atoms with Crippen LogP contribution in [-0.2, 0) is 0 Å². The second-order valence-corrected chi connectivity index (χ2v) is 5.74. The molecule has 112 valence electrons. The number of hydrogen-bond acceptors (Lipinski definition) is 2. The third kappa shape index (κ3) is 6.00. The first-order valence-electron chi connectivity index (χ1n) is 7.48. The van der Waals surface area contributed by atoms with Crippen LogP contribution in [0.4, 0.5) is 0 Å². The Morgan fingerprint density at radius 2 is 1.81 bits per heavy atom. The minimum absolute atomic E-state index is 0.508. The summed E-state index contributed by atoms with van der Waals surface area (Å²) in [7, 11) is 0. The average molecular weight is 301 g/mol. The zero-order chi connectivity index (χ0) is 14.9. The van der Waals surface area contributed by atoms with Crippen molar-refractivity contribution in [2.75, 3.05) is 0 Å². The molecular formula is C17H23N3S. The van der Waals surface area contributed by atoms with Gasteiger partial charge in [-0.05, 0) is 36.7 Å². The molecule has 2 rings (SSSR count).